The Hall–Kier alpha value is -2.77. The van der Waals surface area contributed by atoms with Gasteiger partial charge < -0.3 is 4.90 Å². The Kier molecular flexibility index (Phi) is 6.88. The molecule has 0 aliphatic rings. The summed E-state index contributed by atoms with van der Waals surface area (Å²) in [4.78, 5) is 14.3. The lowest BCUT2D eigenvalue weighted by molar-refractivity contribution is -0.112. The summed E-state index contributed by atoms with van der Waals surface area (Å²) in [7, 11) is 0.277. The smallest absolute Gasteiger partial charge is 0.268 e. The van der Waals surface area contributed by atoms with E-state index in [-0.39, 0.29) is 26.7 Å². The summed E-state index contributed by atoms with van der Waals surface area (Å²) in [5.41, 5.74) is 1.55. The minimum absolute atomic E-state index is 0.0245. The van der Waals surface area contributed by atoms with E-state index in [0.717, 1.165) is 17.0 Å². The third kappa shape index (κ3) is 5.61. The Morgan fingerprint density at radius 2 is 1.93 bits per heavy atom. The van der Waals surface area contributed by atoms with Crippen molar-refractivity contribution in [1.82, 2.24) is 10.2 Å². The molecule has 0 saturated heterocycles. The minimum Gasteiger partial charge on any atom is -0.378 e. The normalized spacial score (nSPS) is 11.9. The van der Waals surface area contributed by atoms with E-state index in [9.17, 15) is 18.5 Å². The van der Waals surface area contributed by atoms with Crippen LogP contribution < -0.4 is 10.2 Å². The molecule has 2 rings (SSSR count). The van der Waals surface area contributed by atoms with Gasteiger partial charge in [-0.15, -0.1) is 10.2 Å². The molecule has 1 aromatic carbocycles. The topological polar surface area (TPSA) is 116 Å². The predicted octanol–water partition coefficient (Wildman–Crippen LogP) is 2.58. The first-order chi connectivity index (χ1) is 13.1. The van der Waals surface area contributed by atoms with Gasteiger partial charge in [-0.3, -0.25) is 10.1 Å². The van der Waals surface area contributed by atoms with Crippen LogP contribution in [-0.2, 0) is 14.6 Å². The number of rotatable bonds is 7. The Bertz CT molecular complexity index is 1020. The van der Waals surface area contributed by atoms with Crippen LogP contribution in [0.1, 0.15) is 19.4 Å². The van der Waals surface area contributed by atoms with Crippen molar-refractivity contribution in [2.45, 2.75) is 18.2 Å². The lowest BCUT2D eigenvalue weighted by Crippen LogP contribution is -2.13. The number of aromatic nitrogens is 2. The van der Waals surface area contributed by atoms with Gasteiger partial charge in [-0.05, 0) is 29.7 Å². The number of nitrogens with zero attached hydrogens (tertiary/aromatic N) is 4. The summed E-state index contributed by atoms with van der Waals surface area (Å²) in [6.45, 7) is 3.58. The third-order valence-corrected chi connectivity index (χ3v) is 6.90. The Labute approximate surface area is 168 Å². The maximum atomic E-state index is 12.3. The molecular weight excluding hydrogens is 398 g/mol. The third-order valence-electron chi connectivity index (χ3n) is 3.53. The van der Waals surface area contributed by atoms with Gasteiger partial charge >= 0.3 is 0 Å². The molecule has 0 saturated carbocycles. The van der Waals surface area contributed by atoms with E-state index in [1.54, 1.807) is 26.0 Å². The monoisotopic (exact) mass is 419 g/mol. The molecule has 0 bridgehead atoms. The first-order valence-corrected chi connectivity index (χ1v) is 10.9. The summed E-state index contributed by atoms with van der Waals surface area (Å²) in [5.74, 6) is -0.788. The fourth-order valence-corrected chi connectivity index (χ4v) is 4.85. The molecule has 0 atom stereocenters. The van der Waals surface area contributed by atoms with Gasteiger partial charge in [0.25, 0.3) is 5.91 Å². The van der Waals surface area contributed by atoms with Gasteiger partial charge in [0.2, 0.25) is 19.3 Å². The zero-order valence-electron chi connectivity index (χ0n) is 16.0. The highest BCUT2D eigenvalue weighted by atomic mass is 32.2. The number of anilines is 2. The van der Waals surface area contributed by atoms with E-state index in [0.29, 0.717) is 5.56 Å². The van der Waals surface area contributed by atoms with Crippen LogP contribution in [0.2, 0.25) is 0 Å². The lowest BCUT2D eigenvalue weighted by Gasteiger charge is -2.11. The molecule has 0 fully saturated rings. The predicted molar refractivity (Wildman–Crippen MR) is 110 cm³/mol. The number of nitriles is 1. The van der Waals surface area contributed by atoms with Gasteiger partial charge in [0, 0.05) is 19.8 Å². The number of benzene rings is 1. The number of amides is 1. The number of sulfone groups is 1. The second-order valence-corrected chi connectivity index (χ2v) is 9.84. The van der Waals surface area contributed by atoms with E-state index in [1.807, 2.05) is 37.2 Å². The van der Waals surface area contributed by atoms with E-state index >= 15 is 0 Å². The molecular formula is C18H21N5O3S2. The molecule has 0 radical (unpaired) electrons. The molecule has 1 heterocycles. The van der Waals surface area contributed by atoms with Crippen molar-refractivity contribution in [2.75, 3.05) is 30.1 Å². The van der Waals surface area contributed by atoms with Crippen LogP contribution in [0.3, 0.4) is 0 Å². The van der Waals surface area contributed by atoms with Crippen molar-refractivity contribution in [3.05, 3.63) is 35.4 Å². The quantitative estimate of drug-likeness (QED) is 0.416. The molecule has 0 aliphatic carbocycles. The van der Waals surface area contributed by atoms with Crippen molar-refractivity contribution in [2.24, 2.45) is 5.92 Å². The molecule has 28 heavy (non-hydrogen) atoms. The average Bonchev–Trinajstić information content (AvgIpc) is 3.08. The van der Waals surface area contributed by atoms with Crippen LogP contribution in [0.4, 0.5) is 10.8 Å². The van der Waals surface area contributed by atoms with Crippen molar-refractivity contribution in [3.8, 4) is 6.07 Å². The van der Waals surface area contributed by atoms with Crippen LogP contribution in [0.25, 0.3) is 6.08 Å². The summed E-state index contributed by atoms with van der Waals surface area (Å²) < 4.78 is 24.2. The summed E-state index contributed by atoms with van der Waals surface area (Å²) >= 11 is 0.765. The highest BCUT2D eigenvalue weighted by molar-refractivity contribution is 7.93. The van der Waals surface area contributed by atoms with Crippen LogP contribution >= 0.6 is 11.3 Å². The first kappa shape index (κ1) is 21.5. The highest BCUT2D eigenvalue weighted by Gasteiger charge is 2.22. The molecule has 0 spiro atoms. The van der Waals surface area contributed by atoms with E-state index in [4.69, 9.17) is 0 Å². The van der Waals surface area contributed by atoms with Crippen LogP contribution in [0, 0.1) is 17.2 Å². The van der Waals surface area contributed by atoms with Crippen molar-refractivity contribution < 1.29 is 13.2 Å². The fourth-order valence-electron chi connectivity index (χ4n) is 2.24. The van der Waals surface area contributed by atoms with Crippen LogP contribution in [-0.4, -0.2) is 44.4 Å². The zero-order chi connectivity index (χ0) is 20.9. The van der Waals surface area contributed by atoms with E-state index < -0.39 is 15.7 Å². The molecule has 2 aromatic rings. The van der Waals surface area contributed by atoms with Crippen molar-refractivity contribution in [3.63, 3.8) is 0 Å². The molecule has 8 nitrogen and oxygen atoms in total. The average molecular weight is 420 g/mol. The highest BCUT2D eigenvalue weighted by Crippen LogP contribution is 2.23. The Balaban J connectivity index is 2.16. The molecule has 1 N–H and O–H groups in total. The standard InChI is InChI=1S/C18H21N5O3S2/c1-12(2)11-28(25,26)18-22-21-17(27-18)20-16(24)14(10-19)9-13-5-7-15(8-6-13)23(3)4/h5-9,12H,11H2,1-4H3,(H,20,21,24)/b14-9-. The molecule has 1 aromatic heterocycles. The lowest BCUT2D eigenvalue weighted by atomic mass is 10.1. The number of hydrogen-bond acceptors (Lipinski definition) is 8. The van der Waals surface area contributed by atoms with Crippen LogP contribution in [0.15, 0.2) is 34.2 Å². The van der Waals surface area contributed by atoms with Gasteiger partial charge in [-0.1, -0.05) is 37.3 Å². The summed E-state index contributed by atoms with van der Waals surface area (Å²) in [5, 5.41) is 19.1. The maximum absolute atomic E-state index is 12.3. The summed E-state index contributed by atoms with van der Waals surface area (Å²) in [6, 6.07) is 9.17. The largest absolute Gasteiger partial charge is 0.378 e. The van der Waals surface area contributed by atoms with Crippen molar-refractivity contribution in [1.29, 1.82) is 5.26 Å². The number of nitrogens with one attached hydrogen (secondary N) is 1. The number of hydrogen-bond donors (Lipinski definition) is 1. The van der Waals surface area contributed by atoms with Gasteiger partial charge in [0.15, 0.2) is 0 Å². The maximum Gasteiger partial charge on any atom is 0.268 e. The second kappa shape index (κ2) is 8.95. The molecule has 1 amide bonds. The minimum atomic E-state index is -3.55. The Morgan fingerprint density at radius 1 is 1.29 bits per heavy atom. The SMILES string of the molecule is CC(C)CS(=O)(=O)c1nnc(NC(=O)/C(C#N)=C\c2ccc(N(C)C)cc2)s1. The molecule has 0 aliphatic heterocycles. The van der Waals surface area contributed by atoms with Gasteiger partial charge in [0.05, 0.1) is 5.75 Å². The fraction of sp³-hybridized carbons (Fsp3) is 0.333. The van der Waals surface area contributed by atoms with E-state index in [1.165, 1.54) is 6.08 Å². The second-order valence-electron chi connectivity index (χ2n) is 6.66. The van der Waals surface area contributed by atoms with Gasteiger partial charge in [0.1, 0.15) is 11.6 Å². The van der Waals surface area contributed by atoms with Gasteiger partial charge in [-0.2, -0.15) is 5.26 Å². The Morgan fingerprint density at radius 3 is 2.46 bits per heavy atom. The first-order valence-electron chi connectivity index (χ1n) is 8.39. The van der Waals surface area contributed by atoms with E-state index in [2.05, 4.69) is 15.5 Å². The zero-order valence-corrected chi connectivity index (χ0v) is 17.6. The number of carbonyl (C=O) groups excluding carboxylic acids is 1. The summed E-state index contributed by atoms with van der Waals surface area (Å²) in [6.07, 6.45) is 1.45. The number of carbonyl (C=O) groups is 1. The molecule has 0 unspecified atom stereocenters. The van der Waals surface area contributed by atoms with Gasteiger partial charge in [-0.25, -0.2) is 8.42 Å². The van der Waals surface area contributed by atoms with Crippen LogP contribution in [0.5, 0.6) is 0 Å². The molecule has 148 valence electrons. The van der Waals surface area contributed by atoms with Crippen molar-refractivity contribution >= 4 is 44.0 Å². The molecule has 10 heteroatoms.